The molecule has 0 saturated heterocycles. The summed E-state index contributed by atoms with van der Waals surface area (Å²) in [6.07, 6.45) is 8.61. The number of hydrogen-bond acceptors (Lipinski definition) is 2. The highest BCUT2D eigenvalue weighted by molar-refractivity contribution is 5.09. The van der Waals surface area contributed by atoms with Gasteiger partial charge in [0.1, 0.15) is 0 Å². The van der Waals surface area contributed by atoms with Gasteiger partial charge in [-0.25, -0.2) is 0 Å². The minimum Gasteiger partial charge on any atom is -0.309 e. The van der Waals surface area contributed by atoms with E-state index in [2.05, 4.69) is 41.9 Å². The maximum Gasteiger partial charge on any atom is 0.0556 e. The summed E-state index contributed by atoms with van der Waals surface area (Å²) in [4.78, 5) is 0. The van der Waals surface area contributed by atoms with Crippen LogP contribution in [0.5, 0.6) is 0 Å². The molecular weight excluding hydrogens is 234 g/mol. The second kappa shape index (κ2) is 7.09. The lowest BCUT2D eigenvalue weighted by molar-refractivity contribution is 0.218. The van der Waals surface area contributed by atoms with Crippen molar-refractivity contribution in [2.24, 2.45) is 11.8 Å². The van der Waals surface area contributed by atoms with Crippen LogP contribution in [0.1, 0.15) is 64.6 Å². The Hall–Kier alpha value is -0.830. The van der Waals surface area contributed by atoms with E-state index in [4.69, 9.17) is 0 Å². The third-order valence-electron chi connectivity index (χ3n) is 4.38. The third kappa shape index (κ3) is 3.59. The molecule has 1 saturated carbocycles. The van der Waals surface area contributed by atoms with E-state index >= 15 is 0 Å². The van der Waals surface area contributed by atoms with Crippen molar-refractivity contribution in [2.75, 3.05) is 6.54 Å². The fourth-order valence-electron chi connectivity index (χ4n) is 3.52. The Balaban J connectivity index is 2.16. The van der Waals surface area contributed by atoms with Crippen LogP contribution in [0, 0.1) is 11.8 Å². The molecule has 1 aromatic rings. The van der Waals surface area contributed by atoms with Gasteiger partial charge in [0.05, 0.1) is 11.7 Å². The highest BCUT2D eigenvalue weighted by atomic mass is 15.3. The molecule has 3 heteroatoms. The van der Waals surface area contributed by atoms with Crippen molar-refractivity contribution < 1.29 is 0 Å². The first-order chi connectivity index (χ1) is 9.26. The fourth-order valence-corrected chi connectivity index (χ4v) is 3.52. The molecule has 108 valence electrons. The predicted molar refractivity (Wildman–Crippen MR) is 80.1 cm³/mol. The molecule has 0 spiro atoms. The van der Waals surface area contributed by atoms with Crippen LogP contribution in [-0.4, -0.2) is 16.3 Å². The van der Waals surface area contributed by atoms with E-state index in [9.17, 15) is 0 Å². The van der Waals surface area contributed by atoms with Crippen LogP contribution in [0.2, 0.25) is 0 Å². The van der Waals surface area contributed by atoms with Crippen molar-refractivity contribution in [3.8, 4) is 0 Å². The first-order valence-corrected chi connectivity index (χ1v) is 8.01. The molecule has 2 rings (SSSR count). The van der Waals surface area contributed by atoms with Crippen molar-refractivity contribution in [3.05, 3.63) is 18.0 Å². The first-order valence-electron chi connectivity index (χ1n) is 8.01. The highest BCUT2D eigenvalue weighted by Crippen LogP contribution is 2.37. The van der Waals surface area contributed by atoms with Gasteiger partial charge >= 0.3 is 0 Å². The summed E-state index contributed by atoms with van der Waals surface area (Å²) >= 11 is 0. The van der Waals surface area contributed by atoms with E-state index in [0.717, 1.165) is 31.3 Å². The zero-order valence-corrected chi connectivity index (χ0v) is 12.7. The Morgan fingerprint density at radius 3 is 2.95 bits per heavy atom. The van der Waals surface area contributed by atoms with Crippen LogP contribution in [0.3, 0.4) is 0 Å². The van der Waals surface area contributed by atoms with Crippen molar-refractivity contribution in [3.63, 3.8) is 0 Å². The molecule has 0 aromatic carbocycles. The Bertz CT molecular complexity index is 372. The Kier molecular flexibility index (Phi) is 5.44. The SMILES string of the molecule is CCCn1nccc1C(NCC)C1CCCC(C)C1. The van der Waals surface area contributed by atoms with E-state index in [-0.39, 0.29) is 0 Å². The molecule has 3 nitrogen and oxygen atoms in total. The minimum absolute atomic E-state index is 0.488. The second-order valence-corrected chi connectivity index (χ2v) is 6.05. The van der Waals surface area contributed by atoms with E-state index in [0.29, 0.717) is 6.04 Å². The molecule has 1 fully saturated rings. The standard InChI is InChI=1S/C16H29N3/c1-4-11-19-15(9-10-18-19)16(17-5-2)14-8-6-7-13(3)12-14/h9-10,13-14,16-17H,4-8,11-12H2,1-3H3. The van der Waals surface area contributed by atoms with Crippen LogP contribution in [0.15, 0.2) is 12.3 Å². The van der Waals surface area contributed by atoms with Gasteiger partial charge in [0.2, 0.25) is 0 Å². The van der Waals surface area contributed by atoms with Crippen LogP contribution in [0.25, 0.3) is 0 Å². The number of aromatic nitrogens is 2. The molecule has 1 heterocycles. The van der Waals surface area contributed by atoms with Gasteiger partial charge in [0.15, 0.2) is 0 Å². The van der Waals surface area contributed by atoms with Gasteiger partial charge in [0, 0.05) is 12.7 Å². The molecule has 1 aromatic heterocycles. The molecule has 19 heavy (non-hydrogen) atoms. The Labute approximate surface area is 117 Å². The predicted octanol–water partition coefficient (Wildman–Crippen LogP) is 3.77. The number of nitrogens with zero attached hydrogens (tertiary/aromatic N) is 2. The average Bonchev–Trinajstić information content (AvgIpc) is 2.84. The number of hydrogen-bond donors (Lipinski definition) is 1. The molecule has 1 aliphatic rings. The minimum atomic E-state index is 0.488. The van der Waals surface area contributed by atoms with E-state index in [1.807, 2.05) is 6.20 Å². The Morgan fingerprint density at radius 1 is 1.42 bits per heavy atom. The summed E-state index contributed by atoms with van der Waals surface area (Å²) < 4.78 is 2.20. The molecule has 1 N–H and O–H groups in total. The van der Waals surface area contributed by atoms with Crippen LogP contribution in [0.4, 0.5) is 0 Å². The Morgan fingerprint density at radius 2 is 2.26 bits per heavy atom. The van der Waals surface area contributed by atoms with Crippen LogP contribution >= 0.6 is 0 Å². The van der Waals surface area contributed by atoms with E-state index in [1.165, 1.54) is 31.4 Å². The summed E-state index contributed by atoms with van der Waals surface area (Å²) in [6.45, 7) is 8.90. The van der Waals surface area contributed by atoms with Gasteiger partial charge in [-0.05, 0) is 43.7 Å². The van der Waals surface area contributed by atoms with Crippen molar-refractivity contribution >= 4 is 0 Å². The molecule has 0 amide bonds. The summed E-state index contributed by atoms with van der Waals surface area (Å²) in [5.41, 5.74) is 1.39. The van der Waals surface area contributed by atoms with E-state index in [1.54, 1.807) is 0 Å². The zero-order chi connectivity index (χ0) is 13.7. The first kappa shape index (κ1) is 14.6. The van der Waals surface area contributed by atoms with Gasteiger partial charge in [-0.3, -0.25) is 4.68 Å². The summed E-state index contributed by atoms with van der Waals surface area (Å²) in [5.74, 6) is 1.65. The highest BCUT2D eigenvalue weighted by Gasteiger charge is 2.29. The molecule has 0 bridgehead atoms. The fraction of sp³-hybridized carbons (Fsp3) is 0.812. The van der Waals surface area contributed by atoms with Gasteiger partial charge < -0.3 is 5.32 Å². The lowest BCUT2D eigenvalue weighted by Gasteiger charge is -2.34. The molecule has 0 aliphatic heterocycles. The van der Waals surface area contributed by atoms with Crippen molar-refractivity contribution in [1.29, 1.82) is 0 Å². The van der Waals surface area contributed by atoms with Crippen LogP contribution < -0.4 is 5.32 Å². The summed E-state index contributed by atoms with van der Waals surface area (Å²) in [7, 11) is 0. The molecule has 3 atom stereocenters. The van der Waals surface area contributed by atoms with Crippen LogP contribution in [-0.2, 0) is 6.54 Å². The smallest absolute Gasteiger partial charge is 0.0556 e. The summed E-state index contributed by atoms with van der Waals surface area (Å²) in [5, 5.41) is 8.21. The summed E-state index contributed by atoms with van der Waals surface area (Å²) in [6, 6.07) is 2.70. The quantitative estimate of drug-likeness (QED) is 0.846. The molecule has 3 unspecified atom stereocenters. The second-order valence-electron chi connectivity index (χ2n) is 6.05. The number of aryl methyl sites for hydroxylation is 1. The maximum absolute atomic E-state index is 4.50. The largest absolute Gasteiger partial charge is 0.309 e. The third-order valence-corrected chi connectivity index (χ3v) is 4.38. The zero-order valence-electron chi connectivity index (χ0n) is 12.7. The van der Waals surface area contributed by atoms with Gasteiger partial charge in [-0.2, -0.15) is 5.10 Å². The lowest BCUT2D eigenvalue weighted by atomic mass is 9.77. The van der Waals surface area contributed by atoms with Gasteiger partial charge in [-0.1, -0.05) is 33.6 Å². The molecular formula is C16H29N3. The maximum atomic E-state index is 4.50. The monoisotopic (exact) mass is 263 g/mol. The topological polar surface area (TPSA) is 29.9 Å². The number of rotatable bonds is 6. The molecule has 1 aliphatic carbocycles. The number of nitrogens with one attached hydrogen (secondary N) is 1. The van der Waals surface area contributed by atoms with Crippen molar-refractivity contribution in [1.82, 2.24) is 15.1 Å². The van der Waals surface area contributed by atoms with E-state index < -0.39 is 0 Å². The normalized spacial score (nSPS) is 25.4. The van der Waals surface area contributed by atoms with Gasteiger partial charge in [0.25, 0.3) is 0 Å². The molecule has 0 radical (unpaired) electrons. The van der Waals surface area contributed by atoms with Crippen molar-refractivity contribution in [2.45, 2.75) is 65.5 Å². The average molecular weight is 263 g/mol. The lowest BCUT2D eigenvalue weighted by Crippen LogP contribution is -2.33. The van der Waals surface area contributed by atoms with Gasteiger partial charge in [-0.15, -0.1) is 0 Å².